The van der Waals surface area contributed by atoms with Gasteiger partial charge >= 0.3 is 0 Å². The summed E-state index contributed by atoms with van der Waals surface area (Å²) in [6.07, 6.45) is 7.12. The number of nitrogens with two attached hydrogens (primary N) is 1. The monoisotopic (exact) mass is 166 g/mol. The normalized spacial score (nSPS) is 14.8. The molecule has 0 spiro atoms. The van der Waals surface area contributed by atoms with Crippen LogP contribution in [0.2, 0.25) is 0 Å². The van der Waals surface area contributed by atoms with Crippen LogP contribution < -0.4 is 5.73 Å². The predicted octanol–water partition coefficient (Wildman–Crippen LogP) is 2.48. The SMILES string of the molecule is C\C=C/C=N\C(=C/N)C(C)(C)C. The van der Waals surface area contributed by atoms with Gasteiger partial charge in [0.1, 0.15) is 0 Å². The van der Waals surface area contributed by atoms with Gasteiger partial charge in [-0.25, -0.2) is 0 Å². The zero-order chi connectivity index (χ0) is 9.61. The van der Waals surface area contributed by atoms with Crippen LogP contribution in [0.15, 0.2) is 29.0 Å². The number of allylic oxidation sites excluding steroid dienone is 3. The minimum Gasteiger partial charge on any atom is -0.403 e. The van der Waals surface area contributed by atoms with Crippen LogP contribution in [0.5, 0.6) is 0 Å². The molecule has 0 heterocycles. The van der Waals surface area contributed by atoms with Crippen LogP contribution in [0.1, 0.15) is 27.7 Å². The molecule has 2 N–H and O–H groups in total. The van der Waals surface area contributed by atoms with Gasteiger partial charge in [-0.1, -0.05) is 26.8 Å². The van der Waals surface area contributed by atoms with Crippen molar-refractivity contribution in [3.63, 3.8) is 0 Å². The molecule has 0 aromatic rings. The second-order valence-corrected chi connectivity index (χ2v) is 3.61. The van der Waals surface area contributed by atoms with Gasteiger partial charge in [0.25, 0.3) is 0 Å². The van der Waals surface area contributed by atoms with Crippen molar-refractivity contribution >= 4 is 6.21 Å². The van der Waals surface area contributed by atoms with Crippen molar-refractivity contribution in [3.05, 3.63) is 24.0 Å². The summed E-state index contributed by atoms with van der Waals surface area (Å²) >= 11 is 0. The first-order chi connectivity index (χ1) is 5.52. The van der Waals surface area contributed by atoms with Crippen molar-refractivity contribution in [2.45, 2.75) is 27.7 Å². The third-order valence-electron chi connectivity index (χ3n) is 1.42. The summed E-state index contributed by atoms with van der Waals surface area (Å²) in [5.74, 6) is 0. The van der Waals surface area contributed by atoms with Gasteiger partial charge in [-0.3, -0.25) is 4.99 Å². The van der Waals surface area contributed by atoms with E-state index in [1.807, 2.05) is 19.1 Å². The van der Waals surface area contributed by atoms with Crippen molar-refractivity contribution in [2.75, 3.05) is 0 Å². The zero-order valence-electron chi connectivity index (χ0n) is 8.33. The molecule has 0 aliphatic carbocycles. The summed E-state index contributed by atoms with van der Waals surface area (Å²) in [4.78, 5) is 4.23. The molecular weight excluding hydrogens is 148 g/mol. The second kappa shape index (κ2) is 4.75. The van der Waals surface area contributed by atoms with E-state index in [9.17, 15) is 0 Å². The minimum atomic E-state index is 0.0207. The molecular formula is C10H18N2. The lowest BCUT2D eigenvalue weighted by molar-refractivity contribution is 0.497. The largest absolute Gasteiger partial charge is 0.403 e. The predicted molar refractivity (Wildman–Crippen MR) is 55.0 cm³/mol. The van der Waals surface area contributed by atoms with Crippen LogP contribution in [0.4, 0.5) is 0 Å². The molecule has 0 saturated carbocycles. The quantitative estimate of drug-likeness (QED) is 0.629. The maximum Gasteiger partial charge on any atom is 0.0611 e. The molecule has 0 atom stereocenters. The highest BCUT2D eigenvalue weighted by Gasteiger charge is 2.14. The Morgan fingerprint density at radius 1 is 1.33 bits per heavy atom. The summed E-state index contributed by atoms with van der Waals surface area (Å²) in [6.45, 7) is 8.20. The molecule has 0 saturated heterocycles. The molecule has 68 valence electrons. The van der Waals surface area contributed by atoms with E-state index in [1.165, 1.54) is 0 Å². The van der Waals surface area contributed by atoms with Gasteiger partial charge in [0.15, 0.2) is 0 Å². The van der Waals surface area contributed by atoms with Gasteiger partial charge in [-0.15, -0.1) is 0 Å². The van der Waals surface area contributed by atoms with Crippen LogP contribution >= 0.6 is 0 Å². The van der Waals surface area contributed by atoms with E-state index in [2.05, 4.69) is 25.8 Å². The second-order valence-electron chi connectivity index (χ2n) is 3.61. The fourth-order valence-corrected chi connectivity index (χ4v) is 0.696. The van der Waals surface area contributed by atoms with Crippen molar-refractivity contribution < 1.29 is 0 Å². The van der Waals surface area contributed by atoms with Gasteiger partial charge in [0, 0.05) is 17.8 Å². The molecule has 0 unspecified atom stereocenters. The lowest BCUT2D eigenvalue weighted by Crippen LogP contribution is -2.09. The third kappa shape index (κ3) is 3.96. The van der Waals surface area contributed by atoms with E-state index in [1.54, 1.807) is 12.4 Å². The van der Waals surface area contributed by atoms with Crippen LogP contribution in [0, 0.1) is 5.41 Å². The average molecular weight is 166 g/mol. The van der Waals surface area contributed by atoms with Crippen LogP contribution in [0.25, 0.3) is 0 Å². The molecule has 0 bridgehead atoms. The topological polar surface area (TPSA) is 38.4 Å². The molecule has 2 nitrogen and oxygen atoms in total. The molecule has 0 radical (unpaired) electrons. The van der Waals surface area contributed by atoms with Gasteiger partial charge in [0.05, 0.1) is 5.70 Å². The van der Waals surface area contributed by atoms with Crippen molar-refractivity contribution in [1.29, 1.82) is 0 Å². The van der Waals surface area contributed by atoms with Gasteiger partial charge in [0.2, 0.25) is 0 Å². The Kier molecular flexibility index (Phi) is 4.34. The van der Waals surface area contributed by atoms with E-state index in [0.717, 1.165) is 5.70 Å². The Morgan fingerprint density at radius 2 is 1.92 bits per heavy atom. The molecule has 0 aromatic heterocycles. The summed E-state index contributed by atoms with van der Waals surface area (Å²) < 4.78 is 0. The van der Waals surface area contributed by atoms with Gasteiger partial charge < -0.3 is 5.73 Å². The summed E-state index contributed by atoms with van der Waals surface area (Å²) in [5, 5.41) is 0. The van der Waals surface area contributed by atoms with Crippen LogP contribution in [0.3, 0.4) is 0 Å². The number of nitrogens with zero attached hydrogens (tertiary/aromatic N) is 1. The minimum absolute atomic E-state index is 0.0207. The molecule has 0 fully saturated rings. The zero-order valence-corrected chi connectivity index (χ0v) is 8.33. The Morgan fingerprint density at radius 3 is 2.25 bits per heavy atom. The van der Waals surface area contributed by atoms with E-state index < -0.39 is 0 Å². The van der Waals surface area contributed by atoms with Crippen molar-refractivity contribution in [3.8, 4) is 0 Å². The summed E-state index contributed by atoms with van der Waals surface area (Å²) in [7, 11) is 0. The Bertz CT molecular complexity index is 204. The van der Waals surface area contributed by atoms with E-state index in [4.69, 9.17) is 5.73 Å². The molecule has 2 heteroatoms. The highest BCUT2D eigenvalue weighted by atomic mass is 14.8. The average Bonchev–Trinajstić information content (AvgIpc) is 1.95. The number of hydrogen-bond donors (Lipinski definition) is 1. The molecule has 0 rings (SSSR count). The smallest absolute Gasteiger partial charge is 0.0611 e. The highest BCUT2D eigenvalue weighted by molar-refractivity contribution is 5.72. The maximum absolute atomic E-state index is 5.44. The Labute approximate surface area is 74.9 Å². The van der Waals surface area contributed by atoms with Crippen molar-refractivity contribution in [2.24, 2.45) is 16.1 Å². The fourth-order valence-electron chi connectivity index (χ4n) is 0.696. The third-order valence-corrected chi connectivity index (χ3v) is 1.42. The Hall–Kier alpha value is -1.05. The van der Waals surface area contributed by atoms with E-state index >= 15 is 0 Å². The molecule has 0 aromatic carbocycles. The highest BCUT2D eigenvalue weighted by Crippen LogP contribution is 2.24. The number of aliphatic imine (C=N–C) groups is 1. The lowest BCUT2D eigenvalue weighted by Gasteiger charge is -2.17. The molecule has 0 amide bonds. The first-order valence-electron chi connectivity index (χ1n) is 4.10. The lowest BCUT2D eigenvalue weighted by atomic mass is 9.93. The standard InChI is InChI=1S/C10H18N2/c1-5-6-7-12-9(8-11)10(2,3)4/h5-8H,11H2,1-4H3/b6-5-,9-8-,12-7-. The van der Waals surface area contributed by atoms with Crippen molar-refractivity contribution in [1.82, 2.24) is 0 Å². The number of rotatable bonds is 2. The fraction of sp³-hybridized carbons (Fsp3) is 0.500. The first kappa shape index (κ1) is 11.0. The summed E-state index contributed by atoms with van der Waals surface area (Å²) in [5.41, 5.74) is 6.37. The first-order valence-corrected chi connectivity index (χ1v) is 4.10. The van der Waals surface area contributed by atoms with E-state index in [0.29, 0.717) is 0 Å². The van der Waals surface area contributed by atoms with Gasteiger partial charge in [-0.2, -0.15) is 0 Å². The Balaban J connectivity index is 4.41. The molecule has 0 aliphatic heterocycles. The van der Waals surface area contributed by atoms with E-state index in [-0.39, 0.29) is 5.41 Å². The maximum atomic E-state index is 5.44. The molecule has 0 aliphatic rings. The van der Waals surface area contributed by atoms with Crippen LogP contribution in [-0.2, 0) is 0 Å². The molecule has 12 heavy (non-hydrogen) atoms. The summed E-state index contributed by atoms with van der Waals surface area (Å²) in [6, 6.07) is 0. The number of hydrogen-bond acceptors (Lipinski definition) is 2. The van der Waals surface area contributed by atoms with Gasteiger partial charge in [-0.05, 0) is 13.0 Å². The van der Waals surface area contributed by atoms with Crippen LogP contribution in [-0.4, -0.2) is 6.21 Å².